The van der Waals surface area contributed by atoms with Gasteiger partial charge in [-0.2, -0.15) is 8.78 Å². The molecule has 1 unspecified atom stereocenters. The third-order valence-corrected chi connectivity index (χ3v) is 5.13. The summed E-state index contributed by atoms with van der Waals surface area (Å²) in [6.45, 7) is 2.54. The first-order valence-electron chi connectivity index (χ1n) is 8.29. The predicted molar refractivity (Wildman–Crippen MR) is 89.8 cm³/mol. The molecule has 0 radical (unpaired) electrons. The number of halogens is 2. The first kappa shape index (κ1) is 18.1. The Labute approximate surface area is 149 Å². The summed E-state index contributed by atoms with van der Waals surface area (Å²) in [6.07, 6.45) is 1.34. The van der Waals surface area contributed by atoms with Gasteiger partial charge in [0.2, 0.25) is 0 Å². The van der Waals surface area contributed by atoms with Crippen LogP contribution >= 0.6 is 11.8 Å². The molecule has 0 aliphatic carbocycles. The van der Waals surface area contributed by atoms with Gasteiger partial charge < -0.3 is 14.5 Å². The van der Waals surface area contributed by atoms with Crippen molar-refractivity contribution in [3.8, 4) is 0 Å². The van der Waals surface area contributed by atoms with Crippen LogP contribution in [0.4, 0.5) is 8.78 Å². The normalized spacial score (nSPS) is 21.0. The van der Waals surface area contributed by atoms with Crippen LogP contribution in [-0.4, -0.2) is 66.3 Å². The second-order valence-corrected chi connectivity index (χ2v) is 7.09. The van der Waals surface area contributed by atoms with Gasteiger partial charge in [-0.25, -0.2) is 0 Å². The molecular weight excluding hydrogens is 350 g/mol. The largest absolute Gasteiger partial charge is 0.368 e. The minimum absolute atomic E-state index is 0.0120. The van der Waals surface area contributed by atoms with Crippen molar-refractivity contribution in [3.05, 3.63) is 29.8 Å². The molecule has 2 fully saturated rings. The van der Waals surface area contributed by atoms with Crippen LogP contribution in [0.3, 0.4) is 0 Å². The molecule has 1 aromatic rings. The van der Waals surface area contributed by atoms with E-state index in [0.717, 1.165) is 12.8 Å². The highest BCUT2D eigenvalue weighted by Gasteiger charge is 2.31. The molecule has 5 nitrogen and oxygen atoms in total. The van der Waals surface area contributed by atoms with Gasteiger partial charge in [0, 0.05) is 43.2 Å². The molecule has 1 atom stereocenters. The van der Waals surface area contributed by atoms with Gasteiger partial charge in [-0.15, -0.1) is 0 Å². The van der Waals surface area contributed by atoms with Crippen molar-refractivity contribution in [2.24, 2.45) is 0 Å². The molecule has 0 N–H and O–H groups in total. The van der Waals surface area contributed by atoms with Crippen LogP contribution in [0.25, 0.3) is 0 Å². The molecule has 8 heteroatoms. The second kappa shape index (κ2) is 8.14. The molecule has 2 aliphatic rings. The molecule has 0 spiro atoms. The number of ether oxygens (including phenoxy) is 1. The number of thioether (sulfide) groups is 1. The quantitative estimate of drug-likeness (QED) is 0.764. The summed E-state index contributed by atoms with van der Waals surface area (Å²) < 4.78 is 30.1. The van der Waals surface area contributed by atoms with Crippen molar-refractivity contribution in [1.29, 1.82) is 0 Å². The van der Waals surface area contributed by atoms with Crippen molar-refractivity contribution >= 4 is 23.6 Å². The number of alkyl halides is 2. The molecule has 1 aromatic carbocycles. The smallest absolute Gasteiger partial charge is 0.288 e. The molecule has 3 rings (SSSR count). The number of nitrogens with zero attached hydrogens (tertiary/aromatic N) is 2. The Morgan fingerprint density at radius 2 is 1.72 bits per heavy atom. The van der Waals surface area contributed by atoms with Crippen LogP contribution in [-0.2, 0) is 9.53 Å². The van der Waals surface area contributed by atoms with E-state index in [9.17, 15) is 18.4 Å². The van der Waals surface area contributed by atoms with Gasteiger partial charge in [0.25, 0.3) is 17.6 Å². The van der Waals surface area contributed by atoms with Gasteiger partial charge in [0.15, 0.2) is 0 Å². The number of rotatable bonds is 4. The number of hydrogen-bond acceptors (Lipinski definition) is 4. The minimum atomic E-state index is -2.48. The third-order valence-electron chi connectivity index (χ3n) is 4.41. The van der Waals surface area contributed by atoms with Crippen molar-refractivity contribution < 1.29 is 23.1 Å². The molecule has 0 aromatic heterocycles. The topological polar surface area (TPSA) is 49.9 Å². The van der Waals surface area contributed by atoms with E-state index in [2.05, 4.69) is 0 Å². The van der Waals surface area contributed by atoms with E-state index < -0.39 is 5.76 Å². The lowest BCUT2D eigenvalue weighted by atomic mass is 10.1. The Hall–Kier alpha value is -1.67. The van der Waals surface area contributed by atoms with Crippen LogP contribution in [0.2, 0.25) is 0 Å². The first-order valence-corrected chi connectivity index (χ1v) is 9.17. The maximum Gasteiger partial charge on any atom is 0.288 e. The maximum atomic E-state index is 12.5. The van der Waals surface area contributed by atoms with Crippen LogP contribution in [0, 0.1) is 0 Å². The van der Waals surface area contributed by atoms with Gasteiger partial charge in [-0.05, 0) is 37.1 Å². The molecule has 136 valence electrons. The van der Waals surface area contributed by atoms with E-state index in [1.807, 2.05) is 0 Å². The Morgan fingerprint density at radius 3 is 2.28 bits per heavy atom. The summed E-state index contributed by atoms with van der Waals surface area (Å²) in [5.41, 5.74) is 0.470. The molecule has 0 bridgehead atoms. The van der Waals surface area contributed by atoms with E-state index in [-0.39, 0.29) is 17.9 Å². The van der Waals surface area contributed by atoms with Crippen molar-refractivity contribution in [3.63, 3.8) is 0 Å². The van der Waals surface area contributed by atoms with E-state index in [1.165, 1.54) is 12.1 Å². The summed E-state index contributed by atoms with van der Waals surface area (Å²) in [6, 6.07) is 6.19. The summed E-state index contributed by atoms with van der Waals surface area (Å²) >= 11 is 0.456. The Balaban J connectivity index is 1.53. The fraction of sp³-hybridized carbons (Fsp3) is 0.529. The van der Waals surface area contributed by atoms with E-state index >= 15 is 0 Å². The fourth-order valence-electron chi connectivity index (χ4n) is 3.07. The molecule has 0 saturated carbocycles. The fourth-order valence-corrected chi connectivity index (χ4v) is 3.57. The highest BCUT2D eigenvalue weighted by atomic mass is 32.2. The summed E-state index contributed by atoms with van der Waals surface area (Å²) in [4.78, 5) is 28.7. The molecule has 25 heavy (non-hydrogen) atoms. The van der Waals surface area contributed by atoms with Gasteiger partial charge in [-0.3, -0.25) is 9.59 Å². The SMILES string of the molecule is O=C(c1ccc(SC(F)F)cc1)N1CCN(C(=O)C2CCCO2)CC1. The van der Waals surface area contributed by atoms with E-state index in [0.29, 0.717) is 55.0 Å². The zero-order valence-corrected chi connectivity index (χ0v) is 14.5. The first-order chi connectivity index (χ1) is 12.0. The van der Waals surface area contributed by atoms with Crippen molar-refractivity contribution in [1.82, 2.24) is 9.80 Å². The number of carbonyl (C=O) groups excluding carboxylic acids is 2. The van der Waals surface area contributed by atoms with Crippen LogP contribution in [0.5, 0.6) is 0 Å². The lowest BCUT2D eigenvalue weighted by Crippen LogP contribution is -2.52. The predicted octanol–water partition coefficient (Wildman–Crippen LogP) is 2.46. The van der Waals surface area contributed by atoms with Gasteiger partial charge in [-0.1, -0.05) is 11.8 Å². The molecular formula is C17H20F2N2O3S. The van der Waals surface area contributed by atoms with Crippen LogP contribution in [0.1, 0.15) is 23.2 Å². The standard InChI is InChI=1S/C17H20F2N2O3S/c18-17(19)25-13-5-3-12(4-6-13)15(22)20-7-9-21(10-8-20)16(23)14-2-1-11-24-14/h3-6,14,17H,1-2,7-11H2. The molecule has 2 aliphatic heterocycles. The highest BCUT2D eigenvalue weighted by molar-refractivity contribution is 7.99. The van der Waals surface area contributed by atoms with Gasteiger partial charge in [0.05, 0.1) is 0 Å². The second-order valence-electron chi connectivity index (χ2n) is 6.02. The lowest BCUT2D eigenvalue weighted by molar-refractivity contribution is -0.142. The van der Waals surface area contributed by atoms with Crippen LogP contribution < -0.4 is 0 Å². The minimum Gasteiger partial charge on any atom is -0.368 e. The summed E-state index contributed by atoms with van der Waals surface area (Å²) in [7, 11) is 0. The Morgan fingerprint density at radius 1 is 1.08 bits per heavy atom. The highest BCUT2D eigenvalue weighted by Crippen LogP contribution is 2.25. The zero-order chi connectivity index (χ0) is 17.8. The molecule has 2 amide bonds. The number of carbonyl (C=O) groups is 2. The lowest BCUT2D eigenvalue weighted by Gasteiger charge is -2.35. The summed E-state index contributed by atoms with van der Waals surface area (Å²) in [5.74, 6) is -2.60. The van der Waals surface area contributed by atoms with Crippen molar-refractivity contribution in [2.45, 2.75) is 29.6 Å². The Kier molecular flexibility index (Phi) is 5.90. The average Bonchev–Trinajstić information content (AvgIpc) is 3.15. The number of piperazine rings is 1. The number of benzene rings is 1. The molecule has 2 saturated heterocycles. The van der Waals surface area contributed by atoms with E-state index in [4.69, 9.17) is 4.74 Å². The number of hydrogen-bond donors (Lipinski definition) is 0. The number of amides is 2. The van der Waals surface area contributed by atoms with Gasteiger partial charge in [0.1, 0.15) is 6.10 Å². The average molecular weight is 370 g/mol. The Bertz CT molecular complexity index is 613. The maximum absolute atomic E-state index is 12.5. The van der Waals surface area contributed by atoms with Crippen LogP contribution in [0.15, 0.2) is 29.2 Å². The monoisotopic (exact) mass is 370 g/mol. The van der Waals surface area contributed by atoms with Crippen molar-refractivity contribution in [2.75, 3.05) is 32.8 Å². The molecule has 2 heterocycles. The zero-order valence-electron chi connectivity index (χ0n) is 13.7. The summed E-state index contributed by atoms with van der Waals surface area (Å²) in [5, 5.41) is 0. The third kappa shape index (κ3) is 4.49. The van der Waals surface area contributed by atoms with Gasteiger partial charge >= 0.3 is 0 Å². The van der Waals surface area contributed by atoms with E-state index in [1.54, 1.807) is 21.9 Å².